The molecular formula is C17H14N2O5S. The summed E-state index contributed by atoms with van der Waals surface area (Å²) in [5, 5.41) is 5.29. The number of benzene rings is 2. The van der Waals surface area contributed by atoms with E-state index in [9.17, 15) is 13.2 Å². The number of rotatable bonds is 4. The maximum Gasteiger partial charge on any atom is 0.394 e. The van der Waals surface area contributed by atoms with Crippen molar-refractivity contribution < 1.29 is 22.4 Å². The van der Waals surface area contributed by atoms with Crippen molar-refractivity contribution in [3.05, 3.63) is 60.5 Å². The van der Waals surface area contributed by atoms with E-state index in [2.05, 4.69) is 9.72 Å². The lowest BCUT2D eigenvalue weighted by Crippen LogP contribution is -2.13. The zero-order valence-electron chi connectivity index (χ0n) is 13.2. The zero-order valence-corrected chi connectivity index (χ0v) is 14.0. The molecule has 0 aliphatic rings. The zero-order chi connectivity index (χ0) is 18.0. The highest BCUT2D eigenvalue weighted by atomic mass is 32.2. The lowest BCUT2D eigenvalue weighted by molar-refractivity contribution is 0.0557. The van der Waals surface area contributed by atoms with E-state index in [1.54, 1.807) is 36.4 Å². The number of ether oxygens (including phenoxy) is 1. The molecule has 0 bridgehead atoms. The fourth-order valence-electron chi connectivity index (χ4n) is 2.37. The molecule has 0 radical (unpaired) electrons. The number of aromatic nitrogens is 1. The van der Waals surface area contributed by atoms with Crippen molar-refractivity contribution in [1.29, 1.82) is 0 Å². The monoisotopic (exact) mass is 358 g/mol. The van der Waals surface area contributed by atoms with Crippen LogP contribution in [0.25, 0.3) is 22.6 Å². The van der Waals surface area contributed by atoms with E-state index < -0.39 is 16.0 Å². The summed E-state index contributed by atoms with van der Waals surface area (Å²) in [6, 6.07) is 15.0. The molecule has 0 unspecified atom stereocenters. The van der Waals surface area contributed by atoms with Gasteiger partial charge in [-0.05, 0) is 12.1 Å². The number of oxazole rings is 1. The number of nitrogens with two attached hydrogens (primary N) is 1. The lowest BCUT2D eigenvalue weighted by atomic mass is 10.1. The number of primary sulfonamides is 1. The van der Waals surface area contributed by atoms with Gasteiger partial charge >= 0.3 is 11.9 Å². The molecule has 128 valence electrons. The van der Waals surface area contributed by atoms with Crippen molar-refractivity contribution in [3.63, 3.8) is 0 Å². The lowest BCUT2D eigenvalue weighted by Gasteiger charge is -2.06. The second-order valence-corrected chi connectivity index (χ2v) is 6.63. The van der Waals surface area contributed by atoms with E-state index in [0.29, 0.717) is 11.3 Å². The van der Waals surface area contributed by atoms with Crippen molar-refractivity contribution in [2.75, 3.05) is 7.11 Å². The van der Waals surface area contributed by atoms with E-state index in [-0.39, 0.29) is 22.1 Å². The number of esters is 1. The Morgan fingerprint density at radius 2 is 1.72 bits per heavy atom. The van der Waals surface area contributed by atoms with Crippen molar-refractivity contribution >= 4 is 16.0 Å². The molecule has 3 rings (SSSR count). The number of hydrogen-bond acceptors (Lipinski definition) is 6. The van der Waals surface area contributed by atoms with Crippen LogP contribution in [0.2, 0.25) is 0 Å². The topological polar surface area (TPSA) is 112 Å². The van der Waals surface area contributed by atoms with Crippen molar-refractivity contribution in [1.82, 2.24) is 4.98 Å². The quantitative estimate of drug-likeness (QED) is 0.717. The van der Waals surface area contributed by atoms with Crippen LogP contribution in [0, 0.1) is 0 Å². The van der Waals surface area contributed by atoms with E-state index in [1.165, 1.54) is 19.2 Å². The van der Waals surface area contributed by atoms with Gasteiger partial charge in [-0.3, -0.25) is 0 Å². The Morgan fingerprint density at radius 3 is 2.36 bits per heavy atom. The van der Waals surface area contributed by atoms with Crippen LogP contribution in [-0.4, -0.2) is 26.5 Å². The highest BCUT2D eigenvalue weighted by Crippen LogP contribution is 2.35. The molecule has 0 spiro atoms. The predicted octanol–water partition coefficient (Wildman–Crippen LogP) is 2.44. The smallest absolute Gasteiger partial charge is 0.394 e. The molecule has 0 aliphatic carbocycles. The predicted molar refractivity (Wildman–Crippen MR) is 90.1 cm³/mol. The number of carbonyl (C=O) groups is 1. The standard InChI is InChI=1S/C17H14N2O5S/c1-23-17(20)16-19-14(11-7-3-2-4-8-11)15(24-16)12-9-5-6-10-13(12)25(18,21)22/h2-10H,1H3,(H2,18,21,22). The summed E-state index contributed by atoms with van der Waals surface area (Å²) in [4.78, 5) is 15.9. The average molecular weight is 358 g/mol. The Morgan fingerprint density at radius 1 is 1.08 bits per heavy atom. The highest BCUT2D eigenvalue weighted by molar-refractivity contribution is 7.89. The summed E-state index contributed by atoms with van der Waals surface area (Å²) in [5.74, 6) is -0.923. The number of hydrogen-bond donors (Lipinski definition) is 1. The van der Waals surface area contributed by atoms with Gasteiger partial charge in [0, 0.05) is 11.1 Å². The molecule has 0 amide bonds. The van der Waals surface area contributed by atoms with Crippen LogP contribution in [0.15, 0.2) is 63.9 Å². The van der Waals surface area contributed by atoms with Crippen molar-refractivity contribution in [3.8, 4) is 22.6 Å². The first-order chi connectivity index (χ1) is 11.9. The largest absolute Gasteiger partial charge is 0.462 e. The van der Waals surface area contributed by atoms with Gasteiger partial charge in [0.25, 0.3) is 0 Å². The van der Waals surface area contributed by atoms with Gasteiger partial charge in [0.1, 0.15) is 5.69 Å². The molecule has 0 aliphatic heterocycles. The van der Waals surface area contributed by atoms with E-state index in [1.807, 2.05) is 6.07 Å². The molecule has 8 heteroatoms. The molecule has 2 aromatic carbocycles. The molecular weight excluding hydrogens is 344 g/mol. The van der Waals surface area contributed by atoms with Crippen LogP contribution in [0.4, 0.5) is 0 Å². The fourth-order valence-corrected chi connectivity index (χ4v) is 3.11. The fraction of sp³-hybridized carbons (Fsp3) is 0.0588. The Kier molecular flexibility index (Phi) is 4.39. The number of carbonyl (C=O) groups excluding carboxylic acids is 1. The van der Waals surface area contributed by atoms with Gasteiger partial charge in [-0.1, -0.05) is 42.5 Å². The third-order valence-electron chi connectivity index (χ3n) is 3.47. The van der Waals surface area contributed by atoms with E-state index in [4.69, 9.17) is 9.56 Å². The summed E-state index contributed by atoms with van der Waals surface area (Å²) < 4.78 is 34.0. The molecule has 0 saturated heterocycles. The second-order valence-electron chi connectivity index (χ2n) is 5.10. The Balaban J connectivity index is 2.30. The Labute approximate surface area is 144 Å². The average Bonchev–Trinajstić information content (AvgIpc) is 3.06. The summed E-state index contributed by atoms with van der Waals surface area (Å²) in [6.45, 7) is 0. The summed E-state index contributed by atoms with van der Waals surface area (Å²) in [5.41, 5.74) is 1.18. The molecule has 2 N–H and O–H groups in total. The highest BCUT2D eigenvalue weighted by Gasteiger charge is 2.25. The molecule has 0 atom stereocenters. The maximum absolute atomic E-state index is 11.9. The summed E-state index contributed by atoms with van der Waals surface area (Å²) in [7, 11) is -2.80. The first-order valence-corrected chi connectivity index (χ1v) is 8.73. The molecule has 25 heavy (non-hydrogen) atoms. The normalized spacial score (nSPS) is 11.3. The van der Waals surface area contributed by atoms with Crippen LogP contribution >= 0.6 is 0 Å². The first kappa shape index (κ1) is 16.9. The van der Waals surface area contributed by atoms with Crippen molar-refractivity contribution in [2.24, 2.45) is 5.14 Å². The van der Waals surface area contributed by atoms with Crippen molar-refractivity contribution in [2.45, 2.75) is 4.90 Å². The number of nitrogens with zero attached hydrogens (tertiary/aromatic N) is 1. The number of sulfonamides is 1. The summed E-state index contributed by atoms with van der Waals surface area (Å²) in [6.07, 6.45) is 0. The number of methoxy groups -OCH3 is 1. The maximum atomic E-state index is 11.9. The van der Waals surface area contributed by atoms with E-state index >= 15 is 0 Å². The molecule has 1 aromatic heterocycles. The van der Waals surface area contributed by atoms with Gasteiger partial charge in [-0.15, -0.1) is 0 Å². The summed E-state index contributed by atoms with van der Waals surface area (Å²) >= 11 is 0. The minimum atomic E-state index is -4.00. The Bertz CT molecular complexity index is 1030. The minimum Gasteiger partial charge on any atom is -0.462 e. The van der Waals surface area contributed by atoms with Gasteiger partial charge in [-0.25, -0.2) is 23.3 Å². The molecule has 7 nitrogen and oxygen atoms in total. The molecule has 0 fully saturated rings. The van der Waals surface area contributed by atoms with Crippen LogP contribution in [0.5, 0.6) is 0 Å². The van der Waals surface area contributed by atoms with Gasteiger partial charge in [0.2, 0.25) is 10.0 Å². The molecule has 0 saturated carbocycles. The van der Waals surface area contributed by atoms with Crippen LogP contribution < -0.4 is 5.14 Å². The van der Waals surface area contributed by atoms with Gasteiger partial charge in [-0.2, -0.15) is 0 Å². The van der Waals surface area contributed by atoms with Crippen LogP contribution in [-0.2, 0) is 14.8 Å². The van der Waals surface area contributed by atoms with Gasteiger partial charge in [0.15, 0.2) is 5.76 Å². The van der Waals surface area contributed by atoms with Crippen LogP contribution in [0.3, 0.4) is 0 Å². The SMILES string of the molecule is COC(=O)c1nc(-c2ccccc2)c(-c2ccccc2S(N)(=O)=O)o1. The first-order valence-electron chi connectivity index (χ1n) is 7.18. The Hall–Kier alpha value is -2.97. The molecule has 3 aromatic rings. The second kappa shape index (κ2) is 6.50. The third kappa shape index (κ3) is 3.30. The van der Waals surface area contributed by atoms with Gasteiger partial charge < -0.3 is 9.15 Å². The van der Waals surface area contributed by atoms with Gasteiger partial charge in [0.05, 0.1) is 12.0 Å². The third-order valence-corrected chi connectivity index (χ3v) is 4.44. The van der Waals surface area contributed by atoms with Crippen LogP contribution in [0.1, 0.15) is 10.7 Å². The van der Waals surface area contributed by atoms with E-state index in [0.717, 1.165) is 0 Å². The minimum absolute atomic E-state index is 0.122. The molecule has 1 heterocycles.